The highest BCUT2D eigenvalue weighted by molar-refractivity contribution is 14.1. The van der Waals surface area contributed by atoms with E-state index in [-0.39, 0.29) is 18.3 Å². The lowest BCUT2D eigenvalue weighted by atomic mass is 9.78. The fraction of sp³-hybridized carbons (Fsp3) is 0.500. The molecule has 5 heteroatoms. The number of hydrogen-bond acceptors (Lipinski definition) is 3. The summed E-state index contributed by atoms with van der Waals surface area (Å²) < 4.78 is 13.0. The van der Waals surface area contributed by atoms with E-state index in [4.69, 9.17) is 15.0 Å². The van der Waals surface area contributed by atoms with E-state index in [1.54, 1.807) is 0 Å². The second kappa shape index (κ2) is 4.14. The van der Waals surface area contributed by atoms with Crippen molar-refractivity contribution in [2.24, 2.45) is 0 Å². The van der Waals surface area contributed by atoms with E-state index < -0.39 is 0 Å². The van der Waals surface area contributed by atoms with Gasteiger partial charge in [-0.1, -0.05) is 6.07 Å². The van der Waals surface area contributed by atoms with Crippen LogP contribution in [0.1, 0.15) is 27.7 Å². The lowest BCUT2D eigenvalue weighted by Crippen LogP contribution is -2.41. The van der Waals surface area contributed by atoms with Crippen LogP contribution in [-0.2, 0) is 9.31 Å². The molecule has 1 aliphatic heterocycles. The van der Waals surface area contributed by atoms with Crippen molar-refractivity contribution in [3.8, 4) is 0 Å². The molecule has 0 unspecified atom stereocenters. The van der Waals surface area contributed by atoms with E-state index in [9.17, 15) is 0 Å². The van der Waals surface area contributed by atoms with Crippen LogP contribution >= 0.6 is 22.6 Å². The van der Waals surface area contributed by atoms with Gasteiger partial charge in [-0.05, 0) is 62.4 Å². The van der Waals surface area contributed by atoms with Gasteiger partial charge in [-0.2, -0.15) is 0 Å². The summed E-state index contributed by atoms with van der Waals surface area (Å²) in [6.07, 6.45) is 0. The van der Waals surface area contributed by atoms with Crippen LogP contribution in [0.5, 0.6) is 0 Å². The molecule has 0 saturated carbocycles. The Morgan fingerprint density at radius 1 is 1.12 bits per heavy atom. The molecular formula is C12H17BINO2. The molecule has 1 aromatic rings. The molecule has 0 aliphatic carbocycles. The van der Waals surface area contributed by atoms with Crippen molar-refractivity contribution in [1.82, 2.24) is 0 Å². The zero-order chi connectivity index (χ0) is 12.8. The SMILES string of the molecule is CC1(C)OB(c2ccc(I)cc2N)OC1(C)C. The number of rotatable bonds is 1. The molecule has 1 aliphatic rings. The van der Waals surface area contributed by atoms with Gasteiger partial charge in [0.1, 0.15) is 0 Å². The molecule has 1 aromatic carbocycles. The van der Waals surface area contributed by atoms with Crippen LogP contribution in [0.15, 0.2) is 18.2 Å². The minimum absolute atomic E-state index is 0.326. The van der Waals surface area contributed by atoms with E-state index >= 15 is 0 Å². The van der Waals surface area contributed by atoms with Crippen molar-refractivity contribution < 1.29 is 9.31 Å². The van der Waals surface area contributed by atoms with Gasteiger partial charge in [-0.25, -0.2) is 0 Å². The monoisotopic (exact) mass is 345 g/mol. The zero-order valence-corrected chi connectivity index (χ0v) is 12.7. The average Bonchev–Trinajstić information content (AvgIpc) is 2.35. The van der Waals surface area contributed by atoms with Crippen molar-refractivity contribution in [3.05, 3.63) is 21.8 Å². The lowest BCUT2D eigenvalue weighted by Gasteiger charge is -2.32. The Morgan fingerprint density at radius 2 is 1.65 bits per heavy atom. The largest absolute Gasteiger partial charge is 0.496 e. The zero-order valence-electron chi connectivity index (χ0n) is 10.6. The van der Waals surface area contributed by atoms with Crippen LogP contribution in [0, 0.1) is 3.57 Å². The molecule has 2 N–H and O–H groups in total. The Bertz CT molecular complexity index is 432. The summed E-state index contributed by atoms with van der Waals surface area (Å²) >= 11 is 2.24. The van der Waals surface area contributed by atoms with Crippen LogP contribution in [-0.4, -0.2) is 18.3 Å². The summed E-state index contributed by atoms with van der Waals surface area (Å²) in [6.45, 7) is 8.15. The summed E-state index contributed by atoms with van der Waals surface area (Å²) in [5.74, 6) is 0. The number of halogens is 1. The first-order valence-corrected chi connectivity index (χ1v) is 6.71. The Balaban J connectivity index is 2.32. The predicted octanol–water partition coefficient (Wildman–Crippen LogP) is 2.17. The second-order valence-electron chi connectivity index (χ2n) is 5.36. The second-order valence-corrected chi connectivity index (χ2v) is 6.61. The molecule has 0 amide bonds. The van der Waals surface area contributed by atoms with Gasteiger partial charge < -0.3 is 15.0 Å². The van der Waals surface area contributed by atoms with Gasteiger partial charge in [0, 0.05) is 14.7 Å². The highest BCUT2D eigenvalue weighted by Crippen LogP contribution is 2.36. The van der Waals surface area contributed by atoms with Crippen LogP contribution in [0.2, 0.25) is 0 Å². The van der Waals surface area contributed by atoms with E-state index in [1.165, 1.54) is 0 Å². The van der Waals surface area contributed by atoms with Crippen LogP contribution in [0.4, 0.5) is 5.69 Å². The maximum absolute atomic E-state index is 6.01. The lowest BCUT2D eigenvalue weighted by molar-refractivity contribution is 0.00578. The van der Waals surface area contributed by atoms with Crippen molar-refractivity contribution in [3.63, 3.8) is 0 Å². The van der Waals surface area contributed by atoms with Crippen LogP contribution < -0.4 is 11.2 Å². The highest BCUT2D eigenvalue weighted by atomic mass is 127. The molecule has 2 rings (SSSR count). The molecule has 0 radical (unpaired) electrons. The fourth-order valence-electron chi connectivity index (χ4n) is 1.73. The van der Waals surface area contributed by atoms with Gasteiger partial charge in [0.05, 0.1) is 11.2 Å². The first kappa shape index (κ1) is 13.2. The number of benzene rings is 1. The van der Waals surface area contributed by atoms with Crippen LogP contribution in [0.25, 0.3) is 0 Å². The third-order valence-corrected chi connectivity index (χ3v) is 4.23. The quantitative estimate of drug-likeness (QED) is 0.482. The molecular weight excluding hydrogens is 328 g/mol. The van der Waals surface area contributed by atoms with E-state index in [0.29, 0.717) is 0 Å². The minimum atomic E-state index is -0.378. The van der Waals surface area contributed by atoms with E-state index in [2.05, 4.69) is 22.6 Å². The van der Waals surface area contributed by atoms with Gasteiger partial charge in [-0.15, -0.1) is 0 Å². The summed E-state index contributed by atoms with van der Waals surface area (Å²) in [6, 6.07) is 5.91. The van der Waals surface area contributed by atoms with Crippen molar-refractivity contribution in [1.29, 1.82) is 0 Å². The Morgan fingerprint density at radius 3 is 2.12 bits per heavy atom. The predicted molar refractivity (Wildman–Crippen MR) is 79.3 cm³/mol. The minimum Gasteiger partial charge on any atom is -0.399 e. The maximum atomic E-state index is 6.01. The molecule has 0 bridgehead atoms. The van der Waals surface area contributed by atoms with Crippen LogP contribution in [0.3, 0.4) is 0 Å². The standard InChI is InChI=1S/C12H17BINO2/c1-11(2)12(3,4)17-13(16-11)9-6-5-8(14)7-10(9)15/h5-7H,15H2,1-4H3. The topological polar surface area (TPSA) is 44.5 Å². The van der Waals surface area contributed by atoms with Crippen molar-refractivity contribution in [2.75, 3.05) is 5.73 Å². The van der Waals surface area contributed by atoms with Gasteiger partial charge >= 0.3 is 7.12 Å². The van der Waals surface area contributed by atoms with Gasteiger partial charge in [0.15, 0.2) is 0 Å². The Kier molecular flexibility index (Phi) is 3.21. The van der Waals surface area contributed by atoms with E-state index in [1.807, 2.05) is 45.9 Å². The molecule has 1 fully saturated rings. The summed E-state index contributed by atoms with van der Waals surface area (Å²) in [4.78, 5) is 0. The van der Waals surface area contributed by atoms with E-state index in [0.717, 1.165) is 14.7 Å². The van der Waals surface area contributed by atoms with Crippen molar-refractivity contribution >= 4 is 40.9 Å². The molecule has 92 valence electrons. The van der Waals surface area contributed by atoms with Gasteiger partial charge in [0.25, 0.3) is 0 Å². The number of anilines is 1. The first-order chi connectivity index (χ1) is 7.73. The highest BCUT2D eigenvalue weighted by Gasteiger charge is 2.52. The maximum Gasteiger partial charge on any atom is 0.496 e. The Labute approximate surface area is 116 Å². The first-order valence-electron chi connectivity index (χ1n) is 5.63. The molecule has 1 saturated heterocycles. The van der Waals surface area contributed by atoms with Gasteiger partial charge in [0.2, 0.25) is 0 Å². The normalized spacial score (nSPS) is 21.8. The third-order valence-electron chi connectivity index (χ3n) is 3.56. The molecule has 17 heavy (non-hydrogen) atoms. The number of hydrogen-bond donors (Lipinski definition) is 1. The summed E-state index contributed by atoms with van der Waals surface area (Å²) in [5.41, 5.74) is 6.99. The average molecular weight is 345 g/mol. The van der Waals surface area contributed by atoms with Crippen molar-refractivity contribution in [2.45, 2.75) is 38.9 Å². The number of nitrogens with two attached hydrogens (primary N) is 1. The molecule has 1 heterocycles. The molecule has 0 atom stereocenters. The summed E-state index contributed by atoms with van der Waals surface area (Å²) in [7, 11) is -0.378. The summed E-state index contributed by atoms with van der Waals surface area (Å²) in [5, 5.41) is 0. The Hall–Kier alpha value is -0.265. The molecule has 0 aromatic heterocycles. The third kappa shape index (κ3) is 2.32. The smallest absolute Gasteiger partial charge is 0.399 e. The van der Waals surface area contributed by atoms with Gasteiger partial charge in [-0.3, -0.25) is 0 Å². The number of nitrogen functional groups attached to an aromatic ring is 1. The molecule has 3 nitrogen and oxygen atoms in total. The molecule has 0 spiro atoms. The fourth-order valence-corrected chi connectivity index (χ4v) is 2.25.